The highest BCUT2D eigenvalue weighted by Gasteiger charge is 2.28. The number of aliphatic hydroxyl groups excluding tert-OH is 1. The molecule has 4 heteroatoms. The lowest BCUT2D eigenvalue weighted by molar-refractivity contribution is 0.0656. The van der Waals surface area contributed by atoms with Gasteiger partial charge in [-0.05, 0) is 52.7 Å². The van der Waals surface area contributed by atoms with E-state index >= 15 is 0 Å². The van der Waals surface area contributed by atoms with Gasteiger partial charge in [0.1, 0.15) is 17.6 Å². The van der Waals surface area contributed by atoms with Crippen LogP contribution >= 0.6 is 15.9 Å². The minimum atomic E-state index is -0.500. The van der Waals surface area contributed by atoms with E-state index in [2.05, 4.69) is 15.9 Å². The van der Waals surface area contributed by atoms with E-state index in [4.69, 9.17) is 9.47 Å². The number of methoxy groups -OCH3 is 1. The molecule has 0 fully saturated rings. The highest BCUT2D eigenvalue weighted by atomic mass is 79.9. The lowest BCUT2D eigenvalue weighted by Crippen LogP contribution is -2.19. The first kappa shape index (κ1) is 14.4. The van der Waals surface area contributed by atoms with Crippen LogP contribution in [-0.2, 0) is 0 Å². The molecule has 3 nitrogen and oxygen atoms in total. The smallest absolute Gasteiger partial charge is 0.133 e. The molecule has 2 atom stereocenters. The van der Waals surface area contributed by atoms with Crippen molar-refractivity contribution in [3.05, 3.63) is 57.6 Å². The second kappa shape index (κ2) is 5.70. The van der Waals surface area contributed by atoms with E-state index in [0.29, 0.717) is 6.42 Å². The first-order chi connectivity index (χ1) is 10.1. The Kier molecular flexibility index (Phi) is 3.91. The normalized spacial score (nSPS) is 20.6. The van der Waals surface area contributed by atoms with Gasteiger partial charge in [0.05, 0.1) is 17.7 Å². The molecule has 1 unspecified atom stereocenters. The third kappa shape index (κ3) is 2.78. The van der Waals surface area contributed by atoms with Crippen LogP contribution in [0.25, 0.3) is 0 Å². The van der Waals surface area contributed by atoms with Crippen LogP contribution in [0.2, 0.25) is 0 Å². The maximum Gasteiger partial charge on any atom is 0.133 e. The predicted octanol–water partition coefficient (Wildman–Crippen LogP) is 4.32. The molecule has 2 aromatic rings. The first-order valence-electron chi connectivity index (χ1n) is 6.87. The van der Waals surface area contributed by atoms with Crippen molar-refractivity contribution < 1.29 is 14.6 Å². The molecule has 110 valence electrons. The fraction of sp³-hybridized carbons (Fsp3) is 0.294. The van der Waals surface area contributed by atoms with E-state index in [-0.39, 0.29) is 6.10 Å². The van der Waals surface area contributed by atoms with Crippen molar-refractivity contribution in [3.63, 3.8) is 0 Å². The van der Waals surface area contributed by atoms with E-state index in [1.807, 2.05) is 43.3 Å². The quantitative estimate of drug-likeness (QED) is 0.877. The minimum Gasteiger partial charge on any atom is -0.496 e. The maximum atomic E-state index is 10.4. The number of hydrogen-bond acceptors (Lipinski definition) is 3. The number of fused-ring (bicyclic) bond motifs is 1. The molecule has 1 aliphatic heterocycles. The average Bonchev–Trinajstić information content (AvgIpc) is 2.47. The fourth-order valence-corrected chi connectivity index (χ4v) is 3.21. The van der Waals surface area contributed by atoms with E-state index in [9.17, 15) is 5.11 Å². The lowest BCUT2D eigenvalue weighted by Gasteiger charge is -2.30. The zero-order chi connectivity index (χ0) is 15.0. The van der Waals surface area contributed by atoms with E-state index in [1.54, 1.807) is 7.11 Å². The first-order valence-corrected chi connectivity index (χ1v) is 7.66. The molecular formula is C17H17BrO3. The Balaban J connectivity index is 1.92. The summed E-state index contributed by atoms with van der Waals surface area (Å²) in [4.78, 5) is 0. The molecule has 3 rings (SSSR count). The van der Waals surface area contributed by atoms with Crippen molar-refractivity contribution in [2.75, 3.05) is 7.11 Å². The molecule has 0 bridgehead atoms. The van der Waals surface area contributed by atoms with Gasteiger partial charge in [-0.2, -0.15) is 0 Å². The number of benzene rings is 2. The number of halogens is 1. The van der Waals surface area contributed by atoms with Crippen LogP contribution in [-0.4, -0.2) is 12.2 Å². The zero-order valence-corrected chi connectivity index (χ0v) is 13.6. The van der Waals surface area contributed by atoms with Crippen molar-refractivity contribution in [1.29, 1.82) is 0 Å². The Bertz CT molecular complexity index is 669. The molecule has 2 aromatic carbocycles. The summed E-state index contributed by atoms with van der Waals surface area (Å²) in [5, 5.41) is 10.4. The molecule has 0 radical (unpaired) electrons. The number of rotatable bonds is 2. The zero-order valence-electron chi connectivity index (χ0n) is 12.0. The summed E-state index contributed by atoms with van der Waals surface area (Å²) in [5.41, 5.74) is 3.02. The molecule has 0 aliphatic carbocycles. The van der Waals surface area contributed by atoms with Crippen LogP contribution in [0.15, 0.2) is 40.9 Å². The van der Waals surface area contributed by atoms with Crippen LogP contribution < -0.4 is 9.47 Å². The summed E-state index contributed by atoms with van der Waals surface area (Å²) in [6.07, 6.45) is -0.105. The van der Waals surface area contributed by atoms with Crippen molar-refractivity contribution in [2.45, 2.75) is 25.6 Å². The molecule has 1 heterocycles. The molecule has 0 amide bonds. The van der Waals surface area contributed by atoms with Gasteiger partial charge in [-0.3, -0.25) is 0 Å². The molecule has 1 aliphatic rings. The van der Waals surface area contributed by atoms with Gasteiger partial charge < -0.3 is 14.6 Å². The minimum absolute atomic E-state index is 0.155. The van der Waals surface area contributed by atoms with Crippen molar-refractivity contribution in [2.24, 2.45) is 0 Å². The molecule has 1 N–H and O–H groups in total. The maximum absolute atomic E-state index is 10.4. The lowest BCUT2D eigenvalue weighted by atomic mass is 9.94. The molecule has 0 saturated carbocycles. The van der Waals surface area contributed by atoms with Gasteiger partial charge >= 0.3 is 0 Å². The van der Waals surface area contributed by atoms with E-state index in [1.165, 1.54) is 0 Å². The number of aliphatic hydroxyl groups is 1. The Morgan fingerprint density at radius 2 is 2.05 bits per heavy atom. The van der Waals surface area contributed by atoms with Crippen LogP contribution in [0.3, 0.4) is 0 Å². The second-order valence-electron chi connectivity index (χ2n) is 5.29. The van der Waals surface area contributed by atoms with Crippen LogP contribution in [0.4, 0.5) is 0 Å². The summed E-state index contributed by atoms with van der Waals surface area (Å²) in [5.74, 6) is 1.54. The molecule has 0 spiro atoms. The molecule has 21 heavy (non-hydrogen) atoms. The Hall–Kier alpha value is -1.52. The fourth-order valence-electron chi connectivity index (χ4n) is 2.65. The largest absolute Gasteiger partial charge is 0.496 e. The Morgan fingerprint density at radius 1 is 1.24 bits per heavy atom. The molecule has 0 aromatic heterocycles. The average molecular weight is 349 g/mol. The van der Waals surface area contributed by atoms with Crippen LogP contribution in [0.1, 0.15) is 35.3 Å². The van der Waals surface area contributed by atoms with Gasteiger partial charge in [-0.1, -0.05) is 17.7 Å². The monoisotopic (exact) mass is 348 g/mol. The number of aryl methyl sites for hydroxylation is 1. The van der Waals surface area contributed by atoms with Gasteiger partial charge in [0.2, 0.25) is 0 Å². The van der Waals surface area contributed by atoms with Gasteiger partial charge in [0.15, 0.2) is 0 Å². The topological polar surface area (TPSA) is 38.7 Å². The Morgan fingerprint density at radius 3 is 2.76 bits per heavy atom. The van der Waals surface area contributed by atoms with Crippen LogP contribution in [0, 0.1) is 6.92 Å². The third-order valence-electron chi connectivity index (χ3n) is 3.78. The van der Waals surface area contributed by atoms with E-state index < -0.39 is 6.10 Å². The highest BCUT2D eigenvalue weighted by molar-refractivity contribution is 9.10. The standard InChI is InChI=1S/C17H17BrO3/c1-10-3-5-15-12(7-10)14(19)9-17(21-15)11-4-6-16(20-2)13(18)8-11/h3-8,14,17,19H,9H2,1-2H3/t14-,17?/m1/s1. The summed E-state index contributed by atoms with van der Waals surface area (Å²) in [6, 6.07) is 11.8. The van der Waals surface area contributed by atoms with Crippen molar-refractivity contribution in [1.82, 2.24) is 0 Å². The van der Waals surface area contributed by atoms with Crippen molar-refractivity contribution >= 4 is 15.9 Å². The van der Waals surface area contributed by atoms with Crippen LogP contribution in [0.5, 0.6) is 11.5 Å². The second-order valence-corrected chi connectivity index (χ2v) is 6.15. The molecule has 0 saturated heterocycles. The number of hydrogen-bond donors (Lipinski definition) is 1. The SMILES string of the molecule is COc1ccc(C2C[C@@H](O)c3cc(C)ccc3O2)cc1Br. The highest BCUT2D eigenvalue weighted by Crippen LogP contribution is 2.42. The summed E-state index contributed by atoms with van der Waals surface area (Å²) in [7, 11) is 1.64. The van der Waals surface area contributed by atoms with E-state index in [0.717, 1.165) is 32.7 Å². The predicted molar refractivity (Wildman–Crippen MR) is 84.8 cm³/mol. The number of ether oxygens (including phenoxy) is 2. The van der Waals surface area contributed by atoms with Gasteiger partial charge in [0, 0.05) is 12.0 Å². The molecular weight excluding hydrogens is 332 g/mol. The third-order valence-corrected chi connectivity index (χ3v) is 4.40. The van der Waals surface area contributed by atoms with Crippen molar-refractivity contribution in [3.8, 4) is 11.5 Å². The Labute approximate surface area is 132 Å². The van der Waals surface area contributed by atoms with Gasteiger partial charge in [-0.25, -0.2) is 0 Å². The van der Waals surface area contributed by atoms with Gasteiger partial charge in [0.25, 0.3) is 0 Å². The van der Waals surface area contributed by atoms with Gasteiger partial charge in [-0.15, -0.1) is 0 Å². The summed E-state index contributed by atoms with van der Waals surface area (Å²) >= 11 is 3.49. The summed E-state index contributed by atoms with van der Waals surface area (Å²) < 4.78 is 12.2. The summed E-state index contributed by atoms with van der Waals surface area (Å²) in [6.45, 7) is 2.01.